The maximum absolute atomic E-state index is 10.3. The van der Waals surface area contributed by atoms with Crippen LogP contribution in [0, 0.1) is 5.92 Å². The van der Waals surface area contributed by atoms with Gasteiger partial charge in [-0.2, -0.15) is 0 Å². The van der Waals surface area contributed by atoms with Gasteiger partial charge in [-0.1, -0.05) is 26.0 Å². The minimum absolute atomic E-state index is 0.0212. The Labute approximate surface area is 108 Å². The largest absolute Gasteiger partial charge is 0.494 e. The van der Waals surface area contributed by atoms with E-state index in [9.17, 15) is 4.79 Å². The summed E-state index contributed by atoms with van der Waals surface area (Å²) in [5.41, 5.74) is 1.05. The van der Waals surface area contributed by atoms with Crippen molar-refractivity contribution >= 4 is 5.97 Å². The van der Waals surface area contributed by atoms with Gasteiger partial charge in [-0.25, -0.2) is 0 Å². The second kappa shape index (κ2) is 7.71. The van der Waals surface area contributed by atoms with Gasteiger partial charge in [-0.15, -0.1) is 0 Å². The molecule has 1 rings (SSSR count). The van der Waals surface area contributed by atoms with Crippen LogP contribution < -0.4 is 10.1 Å². The number of carboxylic acids is 1. The lowest BCUT2D eigenvalue weighted by molar-refractivity contribution is -0.135. The number of benzene rings is 1. The Kier molecular flexibility index (Phi) is 6.22. The van der Waals surface area contributed by atoms with E-state index in [2.05, 4.69) is 19.2 Å². The van der Waals surface area contributed by atoms with Crippen LogP contribution in [0.1, 0.15) is 25.8 Å². The molecule has 4 heteroatoms. The zero-order valence-corrected chi connectivity index (χ0v) is 11.0. The zero-order chi connectivity index (χ0) is 13.4. The lowest BCUT2D eigenvalue weighted by Crippen LogP contribution is -2.21. The highest BCUT2D eigenvalue weighted by molar-refractivity contribution is 5.68. The van der Waals surface area contributed by atoms with Crippen molar-refractivity contribution in [2.24, 2.45) is 5.92 Å². The quantitative estimate of drug-likeness (QED) is 0.744. The number of aliphatic carboxylic acids is 1. The van der Waals surface area contributed by atoms with Crippen LogP contribution >= 0.6 is 0 Å². The number of rotatable bonds is 8. The first kappa shape index (κ1) is 14.5. The topological polar surface area (TPSA) is 58.6 Å². The summed E-state index contributed by atoms with van der Waals surface area (Å²) in [7, 11) is 0. The van der Waals surface area contributed by atoms with Crippen molar-refractivity contribution in [1.29, 1.82) is 0 Å². The normalized spacial score (nSPS) is 10.6. The highest BCUT2D eigenvalue weighted by atomic mass is 16.5. The second-order valence-corrected chi connectivity index (χ2v) is 4.67. The van der Waals surface area contributed by atoms with Crippen LogP contribution in [0.15, 0.2) is 24.3 Å². The SMILES string of the molecule is CC(C)CCOc1ccc(CNCC(=O)O)cc1. The minimum atomic E-state index is -0.844. The molecule has 4 nitrogen and oxygen atoms in total. The van der Waals surface area contributed by atoms with Crippen molar-refractivity contribution in [2.45, 2.75) is 26.8 Å². The molecule has 0 aliphatic heterocycles. The van der Waals surface area contributed by atoms with Crippen LogP contribution in [0.25, 0.3) is 0 Å². The van der Waals surface area contributed by atoms with Crippen molar-refractivity contribution in [1.82, 2.24) is 5.32 Å². The van der Waals surface area contributed by atoms with Crippen molar-refractivity contribution < 1.29 is 14.6 Å². The van der Waals surface area contributed by atoms with Crippen molar-refractivity contribution in [2.75, 3.05) is 13.2 Å². The summed E-state index contributed by atoms with van der Waals surface area (Å²) in [4.78, 5) is 10.3. The number of hydrogen-bond acceptors (Lipinski definition) is 3. The highest BCUT2D eigenvalue weighted by Crippen LogP contribution is 2.13. The summed E-state index contributed by atoms with van der Waals surface area (Å²) in [6.07, 6.45) is 1.04. The van der Waals surface area contributed by atoms with E-state index < -0.39 is 5.97 Å². The van der Waals surface area contributed by atoms with E-state index in [4.69, 9.17) is 9.84 Å². The smallest absolute Gasteiger partial charge is 0.317 e. The number of hydrogen-bond donors (Lipinski definition) is 2. The third-order valence-electron chi connectivity index (χ3n) is 2.49. The van der Waals surface area contributed by atoms with Gasteiger partial charge in [-0.3, -0.25) is 4.79 Å². The van der Waals surface area contributed by atoms with Crippen molar-refractivity contribution in [3.8, 4) is 5.75 Å². The molecule has 0 amide bonds. The van der Waals surface area contributed by atoms with Crippen molar-refractivity contribution in [3.05, 3.63) is 29.8 Å². The third kappa shape index (κ3) is 6.25. The number of carbonyl (C=O) groups is 1. The number of carboxylic acid groups (broad SMARTS) is 1. The lowest BCUT2D eigenvalue weighted by atomic mass is 10.1. The van der Waals surface area contributed by atoms with Gasteiger partial charge in [0.1, 0.15) is 5.75 Å². The molecule has 0 saturated heterocycles. The number of ether oxygens (including phenoxy) is 1. The van der Waals surface area contributed by atoms with E-state index in [-0.39, 0.29) is 6.54 Å². The summed E-state index contributed by atoms with van der Waals surface area (Å²) in [5, 5.41) is 11.3. The fourth-order valence-electron chi connectivity index (χ4n) is 1.43. The predicted molar refractivity (Wildman–Crippen MR) is 70.7 cm³/mol. The molecule has 100 valence electrons. The molecule has 0 spiro atoms. The standard InChI is InChI=1S/C14H21NO3/c1-11(2)7-8-18-13-5-3-12(4-6-13)9-15-10-14(16)17/h3-6,11,15H,7-10H2,1-2H3,(H,16,17). The Morgan fingerprint density at radius 2 is 2.00 bits per heavy atom. The highest BCUT2D eigenvalue weighted by Gasteiger charge is 1.99. The predicted octanol–water partition coefficient (Wildman–Crippen LogP) is 2.29. The molecular weight excluding hydrogens is 230 g/mol. The van der Waals surface area contributed by atoms with Gasteiger partial charge >= 0.3 is 5.97 Å². The summed E-state index contributed by atoms with van der Waals surface area (Å²) in [6.45, 7) is 5.60. The molecule has 0 aliphatic carbocycles. The van der Waals surface area contributed by atoms with Crippen LogP contribution in [-0.4, -0.2) is 24.2 Å². The Balaban J connectivity index is 2.31. The van der Waals surface area contributed by atoms with E-state index in [1.54, 1.807) is 0 Å². The molecule has 1 aromatic carbocycles. The fraction of sp³-hybridized carbons (Fsp3) is 0.500. The Morgan fingerprint density at radius 3 is 2.56 bits per heavy atom. The maximum Gasteiger partial charge on any atom is 0.317 e. The molecule has 0 unspecified atom stereocenters. The maximum atomic E-state index is 10.3. The molecule has 2 N–H and O–H groups in total. The Bertz CT molecular complexity index is 360. The molecule has 0 heterocycles. The van der Waals surface area contributed by atoms with E-state index in [0.29, 0.717) is 12.5 Å². The summed E-state index contributed by atoms with van der Waals surface area (Å²) in [5.74, 6) is 0.658. The lowest BCUT2D eigenvalue weighted by Gasteiger charge is -2.09. The van der Waals surface area contributed by atoms with Gasteiger partial charge in [0.05, 0.1) is 13.2 Å². The first-order valence-electron chi connectivity index (χ1n) is 6.22. The molecule has 1 aromatic rings. The average molecular weight is 251 g/mol. The van der Waals surface area contributed by atoms with E-state index >= 15 is 0 Å². The molecule has 18 heavy (non-hydrogen) atoms. The summed E-state index contributed by atoms with van der Waals surface area (Å²) in [6, 6.07) is 7.72. The summed E-state index contributed by atoms with van der Waals surface area (Å²) < 4.78 is 5.60. The van der Waals surface area contributed by atoms with Crippen LogP contribution in [0.2, 0.25) is 0 Å². The molecule has 0 aliphatic rings. The van der Waals surface area contributed by atoms with E-state index in [0.717, 1.165) is 24.3 Å². The van der Waals surface area contributed by atoms with Crippen LogP contribution in [-0.2, 0) is 11.3 Å². The zero-order valence-electron chi connectivity index (χ0n) is 11.0. The van der Waals surface area contributed by atoms with Gasteiger partial charge in [0, 0.05) is 6.54 Å². The first-order chi connectivity index (χ1) is 8.58. The molecule has 0 aromatic heterocycles. The second-order valence-electron chi connectivity index (χ2n) is 4.67. The van der Waals surface area contributed by atoms with Gasteiger partial charge in [0.15, 0.2) is 0 Å². The molecule has 0 atom stereocenters. The average Bonchev–Trinajstić information content (AvgIpc) is 2.30. The molecule has 0 radical (unpaired) electrons. The van der Waals surface area contributed by atoms with Gasteiger partial charge in [0.2, 0.25) is 0 Å². The summed E-state index contributed by atoms with van der Waals surface area (Å²) >= 11 is 0. The Morgan fingerprint density at radius 1 is 1.33 bits per heavy atom. The number of nitrogens with one attached hydrogen (secondary N) is 1. The monoisotopic (exact) mass is 251 g/mol. The molecule has 0 bridgehead atoms. The van der Waals surface area contributed by atoms with Crippen LogP contribution in [0.3, 0.4) is 0 Å². The minimum Gasteiger partial charge on any atom is -0.494 e. The third-order valence-corrected chi connectivity index (χ3v) is 2.49. The van der Waals surface area contributed by atoms with Crippen molar-refractivity contribution in [3.63, 3.8) is 0 Å². The fourth-order valence-corrected chi connectivity index (χ4v) is 1.43. The molecule has 0 fully saturated rings. The molecular formula is C14H21NO3. The van der Waals surface area contributed by atoms with Gasteiger partial charge in [-0.05, 0) is 30.0 Å². The molecule has 0 saturated carbocycles. The Hall–Kier alpha value is -1.55. The van der Waals surface area contributed by atoms with Gasteiger partial charge < -0.3 is 15.2 Å². The van der Waals surface area contributed by atoms with Crippen LogP contribution in [0.4, 0.5) is 0 Å². The van der Waals surface area contributed by atoms with Crippen LogP contribution in [0.5, 0.6) is 5.75 Å². The van der Waals surface area contributed by atoms with Gasteiger partial charge in [0.25, 0.3) is 0 Å². The van der Waals surface area contributed by atoms with E-state index in [1.165, 1.54) is 0 Å². The van der Waals surface area contributed by atoms with E-state index in [1.807, 2.05) is 24.3 Å². The first-order valence-corrected chi connectivity index (χ1v) is 6.22.